The van der Waals surface area contributed by atoms with Gasteiger partial charge < -0.3 is 5.73 Å². The highest BCUT2D eigenvalue weighted by atomic mass is 32.2. The number of benzene rings is 1. The van der Waals surface area contributed by atoms with Gasteiger partial charge in [-0.25, -0.2) is 9.89 Å². The van der Waals surface area contributed by atoms with Crippen molar-refractivity contribution in [3.8, 4) is 0 Å². The number of aromatic amines is 1. The average Bonchev–Trinajstić information content (AvgIpc) is 3.25. The molecule has 2 aromatic heterocycles. The monoisotopic (exact) mass is 299 g/mol. The first-order chi connectivity index (χ1) is 10.2. The lowest BCUT2D eigenvalue weighted by molar-refractivity contribution is 0.642. The average molecular weight is 299 g/mol. The molecule has 7 heteroatoms. The van der Waals surface area contributed by atoms with Crippen molar-refractivity contribution in [3.63, 3.8) is 0 Å². The van der Waals surface area contributed by atoms with Gasteiger partial charge in [-0.2, -0.15) is 0 Å². The number of rotatable bonds is 3. The van der Waals surface area contributed by atoms with Crippen LogP contribution < -0.4 is 11.4 Å². The van der Waals surface area contributed by atoms with Gasteiger partial charge in [-0.3, -0.25) is 9.55 Å². The fraction of sp³-hybridized carbons (Fsp3) is 0.214. The minimum absolute atomic E-state index is 0.141. The maximum atomic E-state index is 11.8. The van der Waals surface area contributed by atoms with Gasteiger partial charge in [-0.15, -0.1) is 5.10 Å². The van der Waals surface area contributed by atoms with Crippen LogP contribution in [0.2, 0.25) is 0 Å². The lowest BCUT2D eigenvalue weighted by Gasteiger charge is -2.07. The highest BCUT2D eigenvalue weighted by molar-refractivity contribution is 7.99. The number of aromatic nitrogens is 4. The van der Waals surface area contributed by atoms with Crippen LogP contribution in [-0.2, 0) is 0 Å². The van der Waals surface area contributed by atoms with Crippen molar-refractivity contribution in [2.24, 2.45) is 0 Å². The van der Waals surface area contributed by atoms with Gasteiger partial charge in [0, 0.05) is 22.5 Å². The Morgan fingerprint density at radius 2 is 2.19 bits per heavy atom. The van der Waals surface area contributed by atoms with E-state index in [0.717, 1.165) is 28.6 Å². The molecule has 4 rings (SSSR count). The standard InChI is InChI=1S/C14H13N5OS/c15-10-3-1-2-9-11(6-7-16-12(9)10)21-14-18-17-13(20)19(14)8-4-5-8/h1-3,6-8H,4-5,15H2,(H,17,20). The third kappa shape index (κ3) is 2.09. The van der Waals surface area contributed by atoms with E-state index >= 15 is 0 Å². The molecule has 21 heavy (non-hydrogen) atoms. The SMILES string of the molecule is Nc1cccc2c(Sc3n[nH]c(=O)n3C3CC3)ccnc12. The predicted molar refractivity (Wildman–Crippen MR) is 81.4 cm³/mol. The molecule has 0 atom stereocenters. The molecule has 106 valence electrons. The fourth-order valence-electron chi connectivity index (χ4n) is 2.38. The molecule has 3 N–H and O–H groups in total. The summed E-state index contributed by atoms with van der Waals surface area (Å²) in [5.74, 6) is 0. The topological polar surface area (TPSA) is 89.6 Å². The van der Waals surface area contributed by atoms with E-state index in [1.165, 1.54) is 11.8 Å². The smallest absolute Gasteiger partial charge is 0.344 e. The zero-order chi connectivity index (χ0) is 14.4. The van der Waals surface area contributed by atoms with Crippen LogP contribution in [0.15, 0.2) is 45.3 Å². The number of nitrogen functional groups attached to an aromatic ring is 1. The molecule has 0 unspecified atom stereocenters. The summed E-state index contributed by atoms with van der Waals surface area (Å²) in [5, 5.41) is 8.34. The summed E-state index contributed by atoms with van der Waals surface area (Å²) in [7, 11) is 0. The molecule has 1 aromatic carbocycles. The molecule has 0 aliphatic heterocycles. The summed E-state index contributed by atoms with van der Waals surface area (Å²) in [6, 6.07) is 7.92. The number of nitrogens with zero attached hydrogens (tertiary/aromatic N) is 3. The molecule has 2 heterocycles. The lowest BCUT2D eigenvalue weighted by atomic mass is 10.2. The van der Waals surface area contributed by atoms with E-state index in [-0.39, 0.29) is 11.7 Å². The second kappa shape index (κ2) is 4.63. The minimum Gasteiger partial charge on any atom is -0.397 e. The maximum Gasteiger partial charge on any atom is 0.344 e. The van der Waals surface area contributed by atoms with Crippen LogP contribution in [0.1, 0.15) is 18.9 Å². The number of hydrogen-bond donors (Lipinski definition) is 2. The number of fused-ring (bicyclic) bond motifs is 1. The van der Waals surface area contributed by atoms with E-state index in [1.807, 2.05) is 24.3 Å². The molecule has 6 nitrogen and oxygen atoms in total. The Kier molecular flexibility index (Phi) is 2.75. The van der Waals surface area contributed by atoms with E-state index in [2.05, 4.69) is 15.2 Å². The first-order valence-electron chi connectivity index (χ1n) is 6.72. The van der Waals surface area contributed by atoms with E-state index in [1.54, 1.807) is 10.8 Å². The molecule has 1 saturated carbocycles. The normalized spacial score (nSPS) is 14.7. The Balaban J connectivity index is 1.82. The van der Waals surface area contributed by atoms with E-state index in [9.17, 15) is 4.79 Å². The third-order valence-electron chi connectivity index (χ3n) is 3.55. The van der Waals surface area contributed by atoms with Gasteiger partial charge in [0.25, 0.3) is 0 Å². The van der Waals surface area contributed by atoms with Crippen LogP contribution in [0.5, 0.6) is 0 Å². The van der Waals surface area contributed by atoms with Crippen LogP contribution in [0, 0.1) is 0 Å². The molecule has 0 radical (unpaired) electrons. The van der Waals surface area contributed by atoms with Gasteiger partial charge in [-0.05, 0) is 36.7 Å². The van der Waals surface area contributed by atoms with Gasteiger partial charge >= 0.3 is 5.69 Å². The number of hydrogen-bond acceptors (Lipinski definition) is 5. The highest BCUT2D eigenvalue weighted by Crippen LogP contribution is 2.39. The summed E-state index contributed by atoms with van der Waals surface area (Å²) < 4.78 is 1.74. The van der Waals surface area contributed by atoms with Crippen molar-refractivity contribution >= 4 is 28.4 Å². The van der Waals surface area contributed by atoms with Crippen LogP contribution in [0.3, 0.4) is 0 Å². The minimum atomic E-state index is -0.141. The van der Waals surface area contributed by atoms with Gasteiger partial charge in [-0.1, -0.05) is 12.1 Å². The summed E-state index contributed by atoms with van der Waals surface area (Å²) in [6.07, 6.45) is 3.81. The van der Waals surface area contributed by atoms with Crippen LogP contribution >= 0.6 is 11.8 Å². The van der Waals surface area contributed by atoms with E-state index in [4.69, 9.17) is 5.73 Å². The van der Waals surface area contributed by atoms with Crippen LogP contribution in [0.4, 0.5) is 5.69 Å². The quantitative estimate of drug-likeness (QED) is 0.724. The zero-order valence-electron chi connectivity index (χ0n) is 11.1. The summed E-state index contributed by atoms with van der Waals surface area (Å²) in [6.45, 7) is 0. The molecular formula is C14H13N5OS. The Morgan fingerprint density at radius 1 is 1.33 bits per heavy atom. The van der Waals surface area contributed by atoms with Gasteiger partial charge in [0.2, 0.25) is 0 Å². The molecule has 3 aromatic rings. The lowest BCUT2D eigenvalue weighted by Crippen LogP contribution is -2.16. The Bertz CT molecular complexity index is 880. The molecule has 1 aliphatic rings. The number of nitrogens with two attached hydrogens (primary N) is 1. The number of para-hydroxylation sites is 1. The Hall–Kier alpha value is -2.28. The van der Waals surface area contributed by atoms with Crippen LogP contribution in [-0.4, -0.2) is 19.7 Å². The zero-order valence-corrected chi connectivity index (χ0v) is 11.9. The van der Waals surface area contributed by atoms with Gasteiger partial charge in [0.1, 0.15) is 0 Å². The second-order valence-electron chi connectivity index (χ2n) is 5.07. The first-order valence-corrected chi connectivity index (χ1v) is 7.53. The highest BCUT2D eigenvalue weighted by Gasteiger charge is 2.28. The Morgan fingerprint density at radius 3 is 3.00 bits per heavy atom. The molecular weight excluding hydrogens is 286 g/mol. The largest absolute Gasteiger partial charge is 0.397 e. The van der Waals surface area contributed by atoms with Gasteiger partial charge in [0.05, 0.1) is 11.2 Å². The van der Waals surface area contributed by atoms with Crippen molar-refractivity contribution in [2.75, 3.05) is 5.73 Å². The molecule has 1 fully saturated rings. The second-order valence-corrected chi connectivity index (χ2v) is 6.08. The van der Waals surface area contributed by atoms with Crippen molar-refractivity contribution < 1.29 is 0 Å². The molecule has 0 saturated heterocycles. The predicted octanol–water partition coefficient (Wildman–Crippen LogP) is 2.19. The number of pyridine rings is 1. The molecule has 0 amide bonds. The number of nitrogens with one attached hydrogen (secondary N) is 1. The van der Waals surface area contributed by atoms with Crippen molar-refractivity contribution in [2.45, 2.75) is 28.9 Å². The third-order valence-corrected chi connectivity index (χ3v) is 4.59. The Labute approximate surface area is 124 Å². The van der Waals surface area contributed by atoms with Crippen LogP contribution in [0.25, 0.3) is 10.9 Å². The molecule has 0 spiro atoms. The van der Waals surface area contributed by atoms with E-state index < -0.39 is 0 Å². The fourth-order valence-corrected chi connectivity index (χ4v) is 3.40. The van der Waals surface area contributed by atoms with Crippen molar-refractivity contribution in [1.29, 1.82) is 0 Å². The first kappa shape index (κ1) is 12.5. The van der Waals surface area contributed by atoms with Crippen molar-refractivity contribution in [3.05, 3.63) is 40.9 Å². The maximum absolute atomic E-state index is 11.8. The molecule has 0 bridgehead atoms. The summed E-state index contributed by atoms with van der Waals surface area (Å²) >= 11 is 1.47. The van der Waals surface area contributed by atoms with Crippen molar-refractivity contribution in [1.82, 2.24) is 19.7 Å². The molecule has 1 aliphatic carbocycles. The number of H-pyrrole nitrogens is 1. The van der Waals surface area contributed by atoms with E-state index in [0.29, 0.717) is 10.8 Å². The summed E-state index contributed by atoms with van der Waals surface area (Å²) in [4.78, 5) is 17.1. The summed E-state index contributed by atoms with van der Waals surface area (Å²) in [5.41, 5.74) is 7.25. The van der Waals surface area contributed by atoms with Gasteiger partial charge in [0.15, 0.2) is 5.16 Å². The number of anilines is 1.